The molecule has 1 aliphatic heterocycles. The Morgan fingerprint density at radius 2 is 2.00 bits per heavy atom. The van der Waals surface area contributed by atoms with Gasteiger partial charge in [-0.1, -0.05) is 24.3 Å². The van der Waals surface area contributed by atoms with E-state index in [1.807, 2.05) is 6.07 Å². The zero-order chi connectivity index (χ0) is 17.1. The van der Waals surface area contributed by atoms with Gasteiger partial charge in [0.1, 0.15) is 11.4 Å². The maximum absolute atomic E-state index is 11.8. The highest BCUT2D eigenvalue weighted by Gasteiger charge is 2.29. The van der Waals surface area contributed by atoms with Gasteiger partial charge in [0, 0.05) is 6.54 Å². The van der Waals surface area contributed by atoms with Crippen LogP contribution in [0, 0.1) is 6.92 Å². The van der Waals surface area contributed by atoms with E-state index in [1.165, 1.54) is 25.3 Å². The van der Waals surface area contributed by atoms with Crippen molar-refractivity contribution in [2.45, 2.75) is 25.8 Å². The maximum Gasteiger partial charge on any atom is 0.343 e. The second-order valence-electron chi connectivity index (χ2n) is 5.93. The van der Waals surface area contributed by atoms with E-state index < -0.39 is 5.97 Å². The maximum atomic E-state index is 11.8. The first-order valence-electron chi connectivity index (χ1n) is 8.11. The highest BCUT2D eigenvalue weighted by atomic mass is 16.5. The Kier molecular flexibility index (Phi) is 4.69. The summed E-state index contributed by atoms with van der Waals surface area (Å²) in [5.41, 5.74) is 2.95. The summed E-state index contributed by atoms with van der Waals surface area (Å²) in [7, 11) is 2.87. The number of ether oxygens (including phenoxy) is 2. The third-order valence-electron chi connectivity index (χ3n) is 4.54. The molecule has 2 heterocycles. The van der Waals surface area contributed by atoms with Crippen molar-refractivity contribution < 1.29 is 14.3 Å². The van der Waals surface area contributed by atoms with Crippen molar-refractivity contribution in [2.75, 3.05) is 25.7 Å². The second kappa shape index (κ2) is 6.91. The minimum atomic E-state index is -0.442. The molecule has 0 radical (unpaired) electrons. The van der Waals surface area contributed by atoms with Crippen LogP contribution in [-0.2, 0) is 4.74 Å². The minimum Gasteiger partial charge on any atom is -0.480 e. The lowest BCUT2D eigenvalue weighted by Crippen LogP contribution is -2.24. The SMILES string of the molecule is COC(=O)c1ccc(N2CCCC2c2ccccc2C)nc1OC. The predicted molar refractivity (Wildman–Crippen MR) is 92.6 cm³/mol. The molecule has 5 nitrogen and oxygen atoms in total. The van der Waals surface area contributed by atoms with Gasteiger partial charge in [0.15, 0.2) is 0 Å². The molecule has 24 heavy (non-hydrogen) atoms. The summed E-state index contributed by atoms with van der Waals surface area (Å²) in [6.07, 6.45) is 2.20. The molecule has 1 aliphatic rings. The van der Waals surface area contributed by atoms with Gasteiger partial charge >= 0.3 is 5.97 Å². The summed E-state index contributed by atoms with van der Waals surface area (Å²) in [5.74, 6) is 0.683. The van der Waals surface area contributed by atoms with Crippen LogP contribution in [0.25, 0.3) is 0 Å². The number of rotatable bonds is 4. The summed E-state index contributed by atoms with van der Waals surface area (Å²) in [4.78, 5) is 18.6. The molecular formula is C19H22N2O3. The van der Waals surface area contributed by atoms with E-state index in [0.717, 1.165) is 25.2 Å². The number of nitrogens with zero attached hydrogens (tertiary/aromatic N) is 2. The van der Waals surface area contributed by atoms with Gasteiger partial charge in [-0.3, -0.25) is 0 Å². The van der Waals surface area contributed by atoms with Crippen LogP contribution in [-0.4, -0.2) is 31.7 Å². The zero-order valence-electron chi connectivity index (χ0n) is 14.3. The molecule has 1 unspecified atom stereocenters. The van der Waals surface area contributed by atoms with Crippen LogP contribution in [0.15, 0.2) is 36.4 Å². The van der Waals surface area contributed by atoms with Gasteiger partial charge in [-0.05, 0) is 43.0 Å². The van der Waals surface area contributed by atoms with Crippen molar-refractivity contribution in [2.24, 2.45) is 0 Å². The van der Waals surface area contributed by atoms with E-state index in [4.69, 9.17) is 9.47 Å². The Hall–Kier alpha value is -2.56. The molecule has 5 heteroatoms. The lowest BCUT2D eigenvalue weighted by molar-refractivity contribution is 0.0596. The summed E-state index contributed by atoms with van der Waals surface area (Å²) in [5, 5.41) is 0. The van der Waals surface area contributed by atoms with Gasteiger partial charge in [0.05, 0.1) is 20.3 Å². The highest BCUT2D eigenvalue weighted by Crippen LogP contribution is 2.37. The second-order valence-corrected chi connectivity index (χ2v) is 5.93. The Morgan fingerprint density at radius 3 is 2.71 bits per heavy atom. The number of aromatic nitrogens is 1. The number of anilines is 1. The predicted octanol–water partition coefficient (Wildman–Crippen LogP) is 3.53. The van der Waals surface area contributed by atoms with Crippen molar-refractivity contribution in [1.82, 2.24) is 4.98 Å². The van der Waals surface area contributed by atoms with Gasteiger partial charge in [-0.15, -0.1) is 0 Å². The van der Waals surface area contributed by atoms with Crippen LogP contribution in [0.1, 0.15) is 40.4 Å². The van der Waals surface area contributed by atoms with E-state index in [-0.39, 0.29) is 0 Å². The number of methoxy groups -OCH3 is 2. The number of carbonyl (C=O) groups is 1. The smallest absolute Gasteiger partial charge is 0.343 e. The van der Waals surface area contributed by atoms with Gasteiger partial charge in [-0.25, -0.2) is 4.79 Å². The van der Waals surface area contributed by atoms with Crippen LogP contribution in [0.5, 0.6) is 5.88 Å². The Bertz CT molecular complexity index is 745. The molecule has 126 valence electrons. The van der Waals surface area contributed by atoms with Crippen LogP contribution in [0.3, 0.4) is 0 Å². The van der Waals surface area contributed by atoms with Crippen LogP contribution in [0.2, 0.25) is 0 Å². The molecule has 0 N–H and O–H groups in total. The molecule has 0 saturated carbocycles. The lowest BCUT2D eigenvalue weighted by Gasteiger charge is -2.27. The third-order valence-corrected chi connectivity index (χ3v) is 4.54. The summed E-state index contributed by atoms with van der Waals surface area (Å²) < 4.78 is 10.1. The molecule has 0 aliphatic carbocycles. The fraction of sp³-hybridized carbons (Fsp3) is 0.368. The zero-order valence-corrected chi connectivity index (χ0v) is 14.3. The van der Waals surface area contributed by atoms with Gasteiger partial charge in [0.2, 0.25) is 5.88 Å². The van der Waals surface area contributed by atoms with Gasteiger partial charge in [0.25, 0.3) is 0 Å². The van der Waals surface area contributed by atoms with Crippen LogP contribution < -0.4 is 9.64 Å². The van der Waals surface area contributed by atoms with E-state index in [0.29, 0.717) is 17.5 Å². The van der Waals surface area contributed by atoms with E-state index >= 15 is 0 Å². The monoisotopic (exact) mass is 326 g/mol. The Morgan fingerprint density at radius 1 is 1.21 bits per heavy atom. The van der Waals surface area contributed by atoms with Gasteiger partial charge in [-0.2, -0.15) is 4.98 Å². The summed E-state index contributed by atoms with van der Waals surface area (Å²) in [6.45, 7) is 3.08. The molecule has 0 bridgehead atoms. The average Bonchev–Trinajstić information content (AvgIpc) is 3.10. The average molecular weight is 326 g/mol. The normalized spacial score (nSPS) is 17.0. The fourth-order valence-electron chi connectivity index (χ4n) is 3.34. The molecule has 0 spiro atoms. The van der Waals surface area contributed by atoms with Crippen molar-refractivity contribution >= 4 is 11.8 Å². The largest absolute Gasteiger partial charge is 0.480 e. The lowest BCUT2D eigenvalue weighted by atomic mass is 9.99. The third kappa shape index (κ3) is 2.94. The number of aryl methyl sites for hydroxylation is 1. The number of esters is 1. The molecule has 1 aromatic heterocycles. The first kappa shape index (κ1) is 16.3. The number of hydrogen-bond donors (Lipinski definition) is 0. The molecule has 3 rings (SSSR count). The molecular weight excluding hydrogens is 304 g/mol. The van der Waals surface area contributed by atoms with Crippen LogP contribution >= 0.6 is 0 Å². The standard InChI is InChI=1S/C19H22N2O3/c1-13-7-4-5-8-14(13)16-9-6-12-21(16)17-11-10-15(19(22)24-3)18(20-17)23-2/h4-5,7-8,10-11,16H,6,9,12H2,1-3H3. The Labute approximate surface area is 142 Å². The van der Waals surface area contributed by atoms with E-state index in [9.17, 15) is 4.79 Å². The van der Waals surface area contributed by atoms with Crippen molar-refractivity contribution in [1.29, 1.82) is 0 Å². The molecule has 1 saturated heterocycles. The topological polar surface area (TPSA) is 51.7 Å². The van der Waals surface area contributed by atoms with Crippen molar-refractivity contribution in [3.63, 3.8) is 0 Å². The molecule has 1 fully saturated rings. The van der Waals surface area contributed by atoms with Gasteiger partial charge < -0.3 is 14.4 Å². The highest BCUT2D eigenvalue weighted by molar-refractivity contribution is 5.92. The summed E-state index contributed by atoms with van der Waals surface area (Å²) in [6, 6.07) is 12.3. The quantitative estimate of drug-likeness (QED) is 0.805. The molecule has 1 aromatic carbocycles. The van der Waals surface area contributed by atoms with Crippen LogP contribution in [0.4, 0.5) is 5.82 Å². The van der Waals surface area contributed by atoms with Crippen molar-refractivity contribution in [3.8, 4) is 5.88 Å². The number of hydrogen-bond acceptors (Lipinski definition) is 5. The Balaban J connectivity index is 1.96. The summed E-state index contributed by atoms with van der Waals surface area (Å²) >= 11 is 0. The number of pyridine rings is 1. The molecule has 1 atom stereocenters. The van der Waals surface area contributed by atoms with E-state index in [2.05, 4.69) is 41.1 Å². The number of benzene rings is 1. The number of carbonyl (C=O) groups excluding carboxylic acids is 1. The first-order valence-corrected chi connectivity index (χ1v) is 8.11. The fourth-order valence-corrected chi connectivity index (χ4v) is 3.34. The van der Waals surface area contributed by atoms with E-state index in [1.54, 1.807) is 6.07 Å². The molecule has 0 amide bonds. The van der Waals surface area contributed by atoms with Crippen molar-refractivity contribution in [3.05, 3.63) is 53.1 Å². The first-order chi connectivity index (χ1) is 11.7. The minimum absolute atomic E-state index is 0.299. The molecule has 2 aromatic rings.